The molecule has 3 heterocycles. The fraction of sp³-hybridized carbons (Fsp3) is 0.444. The Morgan fingerprint density at radius 3 is 2.50 bits per heavy atom. The van der Waals surface area contributed by atoms with Crippen molar-refractivity contribution in [2.75, 3.05) is 13.1 Å². The number of piperidine rings is 1. The highest BCUT2D eigenvalue weighted by Crippen LogP contribution is 2.39. The molecule has 0 radical (unpaired) electrons. The van der Waals surface area contributed by atoms with E-state index in [4.69, 9.17) is 28.2 Å². The van der Waals surface area contributed by atoms with Gasteiger partial charge in [0.05, 0.1) is 21.8 Å². The van der Waals surface area contributed by atoms with Crippen LogP contribution < -0.4 is 0 Å². The number of halogens is 2. The number of benzene rings is 1. The maximum atomic E-state index is 13.4. The minimum absolute atomic E-state index is 0.0174. The summed E-state index contributed by atoms with van der Waals surface area (Å²) in [6.07, 6.45) is 8.44. The molecule has 1 saturated carbocycles. The van der Waals surface area contributed by atoms with E-state index in [1.165, 1.54) is 19.3 Å². The van der Waals surface area contributed by atoms with E-state index in [-0.39, 0.29) is 5.91 Å². The summed E-state index contributed by atoms with van der Waals surface area (Å²) < 4.78 is 1.94. The topological polar surface area (TPSA) is 61.4 Å². The number of imidazole rings is 1. The summed E-state index contributed by atoms with van der Waals surface area (Å²) in [6.45, 7) is 5.50. The zero-order valence-electron chi connectivity index (χ0n) is 19.6. The zero-order valence-corrected chi connectivity index (χ0v) is 21.1. The molecule has 0 spiro atoms. The minimum atomic E-state index is -0.0174. The van der Waals surface area contributed by atoms with Gasteiger partial charge in [0, 0.05) is 36.4 Å². The molecular weight excluding hydrogens is 467 g/mol. The van der Waals surface area contributed by atoms with Crippen LogP contribution in [0.5, 0.6) is 0 Å². The lowest BCUT2D eigenvalue weighted by atomic mass is 9.72. The van der Waals surface area contributed by atoms with Crippen LogP contribution >= 0.6 is 23.2 Å². The molecule has 0 bridgehead atoms. The summed E-state index contributed by atoms with van der Waals surface area (Å²) in [7, 11) is 0. The second kappa shape index (κ2) is 9.24. The van der Waals surface area contributed by atoms with Crippen molar-refractivity contribution in [3.8, 4) is 6.07 Å². The Morgan fingerprint density at radius 1 is 1.15 bits per heavy atom. The van der Waals surface area contributed by atoms with Crippen LogP contribution in [0.2, 0.25) is 10.0 Å². The van der Waals surface area contributed by atoms with Gasteiger partial charge in [-0.2, -0.15) is 5.26 Å². The second-order valence-corrected chi connectivity index (χ2v) is 10.5. The van der Waals surface area contributed by atoms with E-state index in [0.29, 0.717) is 33.2 Å². The van der Waals surface area contributed by atoms with Crippen molar-refractivity contribution in [3.05, 3.63) is 68.1 Å². The maximum absolute atomic E-state index is 13.4. The zero-order chi connectivity index (χ0) is 24.0. The average Bonchev–Trinajstić information content (AvgIpc) is 3.11. The number of likely N-dealkylation sites (tertiary alicyclic amines) is 1. The van der Waals surface area contributed by atoms with E-state index in [9.17, 15) is 10.1 Å². The van der Waals surface area contributed by atoms with Crippen molar-refractivity contribution in [2.45, 2.75) is 52.4 Å². The highest BCUT2D eigenvalue weighted by atomic mass is 35.5. The lowest BCUT2D eigenvalue weighted by Gasteiger charge is -2.40. The molecule has 7 heteroatoms. The molecule has 2 aromatic heterocycles. The molecule has 1 aliphatic heterocycles. The van der Waals surface area contributed by atoms with Crippen molar-refractivity contribution in [2.24, 2.45) is 11.8 Å². The number of nitriles is 1. The van der Waals surface area contributed by atoms with Crippen LogP contribution in [0.25, 0.3) is 5.65 Å². The smallest absolute Gasteiger partial charge is 0.255 e. The Kier molecular flexibility index (Phi) is 6.31. The number of aryl methyl sites for hydroxylation is 2. The average molecular weight is 495 g/mol. The molecule has 5 rings (SSSR count). The molecule has 1 amide bonds. The van der Waals surface area contributed by atoms with Gasteiger partial charge >= 0.3 is 0 Å². The summed E-state index contributed by atoms with van der Waals surface area (Å²) in [6, 6.07) is 7.54. The van der Waals surface area contributed by atoms with Gasteiger partial charge < -0.3 is 9.30 Å². The molecule has 1 aliphatic carbocycles. The Morgan fingerprint density at radius 2 is 1.85 bits per heavy atom. The third-order valence-electron chi connectivity index (χ3n) is 7.77. The first-order chi connectivity index (χ1) is 16.4. The summed E-state index contributed by atoms with van der Waals surface area (Å²) >= 11 is 13.4. The van der Waals surface area contributed by atoms with Gasteiger partial charge in [-0.1, -0.05) is 42.5 Å². The minimum Gasteiger partial charge on any atom is -0.339 e. The van der Waals surface area contributed by atoms with Gasteiger partial charge in [0.1, 0.15) is 11.7 Å². The molecule has 2 fully saturated rings. The lowest BCUT2D eigenvalue weighted by molar-refractivity contribution is 0.0609. The molecule has 0 unspecified atom stereocenters. The summed E-state index contributed by atoms with van der Waals surface area (Å²) in [5.41, 5.74) is 5.29. The number of nitrogens with zero attached hydrogens (tertiary/aromatic N) is 4. The van der Waals surface area contributed by atoms with Crippen molar-refractivity contribution in [1.82, 2.24) is 14.3 Å². The molecule has 2 aliphatic rings. The summed E-state index contributed by atoms with van der Waals surface area (Å²) in [5.74, 6) is 1.61. The number of carbonyl (C=O) groups is 1. The van der Waals surface area contributed by atoms with Crippen LogP contribution in [-0.4, -0.2) is 33.3 Å². The van der Waals surface area contributed by atoms with Gasteiger partial charge in [-0.15, -0.1) is 0 Å². The Labute approximate surface area is 210 Å². The standard InChI is InChI=1S/C27H28Cl2N4O/c1-16-12-18(14-30)15-33-17(2)24(31-26(16)33)13-22-23(28)7-6-21(25(22)29)27(34)32-10-8-20(9-11-32)19-4-3-5-19/h6-7,12,15,19-20H,3-5,8-11,13H2,1-2H3. The van der Waals surface area contributed by atoms with Gasteiger partial charge in [0.2, 0.25) is 0 Å². The predicted molar refractivity (Wildman–Crippen MR) is 135 cm³/mol. The summed E-state index contributed by atoms with van der Waals surface area (Å²) in [5, 5.41) is 10.3. The first-order valence-corrected chi connectivity index (χ1v) is 12.8. The fourth-order valence-corrected chi connectivity index (χ4v) is 6.03. The summed E-state index contributed by atoms with van der Waals surface area (Å²) in [4.78, 5) is 20.1. The van der Waals surface area contributed by atoms with Crippen LogP contribution in [0.15, 0.2) is 24.4 Å². The normalized spacial score (nSPS) is 17.1. The van der Waals surface area contributed by atoms with Crippen LogP contribution in [0.4, 0.5) is 0 Å². The number of hydrogen-bond acceptors (Lipinski definition) is 3. The number of carbonyl (C=O) groups excluding carboxylic acids is 1. The third kappa shape index (κ3) is 4.08. The molecule has 1 aromatic carbocycles. The van der Waals surface area contributed by atoms with Crippen molar-refractivity contribution in [3.63, 3.8) is 0 Å². The predicted octanol–water partition coefficient (Wildman–Crippen LogP) is 6.37. The molecule has 34 heavy (non-hydrogen) atoms. The number of pyridine rings is 1. The molecule has 3 aromatic rings. The largest absolute Gasteiger partial charge is 0.339 e. The molecule has 1 saturated heterocycles. The quantitative estimate of drug-likeness (QED) is 0.423. The number of fused-ring (bicyclic) bond motifs is 1. The molecule has 0 atom stereocenters. The van der Waals surface area contributed by atoms with E-state index in [2.05, 4.69) is 6.07 Å². The second-order valence-electron chi connectivity index (χ2n) is 9.75. The third-order valence-corrected chi connectivity index (χ3v) is 8.56. The van der Waals surface area contributed by atoms with Crippen molar-refractivity contribution < 1.29 is 4.79 Å². The van der Waals surface area contributed by atoms with E-state index >= 15 is 0 Å². The molecule has 0 N–H and O–H groups in total. The number of amides is 1. The van der Waals surface area contributed by atoms with E-state index in [1.807, 2.05) is 29.2 Å². The van der Waals surface area contributed by atoms with Crippen molar-refractivity contribution in [1.29, 1.82) is 5.26 Å². The van der Waals surface area contributed by atoms with Gasteiger partial charge in [-0.05, 0) is 67.9 Å². The maximum Gasteiger partial charge on any atom is 0.255 e. The van der Waals surface area contributed by atoms with Gasteiger partial charge in [0.25, 0.3) is 5.91 Å². The lowest BCUT2D eigenvalue weighted by Crippen LogP contribution is -2.41. The van der Waals surface area contributed by atoms with Crippen molar-refractivity contribution >= 4 is 34.8 Å². The Bertz CT molecular complexity index is 1310. The Balaban J connectivity index is 1.41. The van der Waals surface area contributed by atoms with E-state index in [1.54, 1.807) is 18.3 Å². The number of hydrogen-bond donors (Lipinski definition) is 0. The van der Waals surface area contributed by atoms with Gasteiger partial charge in [-0.3, -0.25) is 4.79 Å². The van der Waals surface area contributed by atoms with Gasteiger partial charge in [-0.25, -0.2) is 4.98 Å². The fourth-order valence-electron chi connectivity index (χ4n) is 5.45. The Hall–Kier alpha value is -2.55. The monoisotopic (exact) mass is 494 g/mol. The van der Waals surface area contributed by atoms with Crippen LogP contribution in [0, 0.1) is 37.0 Å². The molecular formula is C27H28Cl2N4O. The first kappa shape index (κ1) is 23.2. The first-order valence-electron chi connectivity index (χ1n) is 12.0. The van der Waals surface area contributed by atoms with E-state index in [0.717, 1.165) is 60.4 Å². The van der Waals surface area contributed by atoms with E-state index < -0.39 is 0 Å². The van der Waals surface area contributed by atoms with Crippen LogP contribution in [0.3, 0.4) is 0 Å². The number of aromatic nitrogens is 2. The highest BCUT2D eigenvalue weighted by molar-refractivity contribution is 6.38. The number of rotatable bonds is 4. The van der Waals surface area contributed by atoms with Crippen LogP contribution in [-0.2, 0) is 6.42 Å². The SMILES string of the molecule is Cc1cc(C#N)cn2c(C)c(Cc3c(Cl)ccc(C(=O)N4CCC(C5CCC5)CC4)c3Cl)nc12. The van der Waals surface area contributed by atoms with Gasteiger partial charge in [0.15, 0.2) is 0 Å². The highest BCUT2D eigenvalue weighted by Gasteiger charge is 2.32. The molecule has 5 nitrogen and oxygen atoms in total. The molecule has 176 valence electrons. The van der Waals surface area contributed by atoms with Crippen LogP contribution in [0.1, 0.15) is 70.5 Å².